The molecule has 3 amide bonds. The third-order valence-corrected chi connectivity index (χ3v) is 7.73. The van der Waals surface area contributed by atoms with Crippen LogP contribution >= 0.6 is 0 Å². The van der Waals surface area contributed by atoms with Gasteiger partial charge in [-0.3, -0.25) is 4.79 Å². The number of likely N-dealkylation sites (tertiary alicyclic amines) is 2. The molecule has 36 heavy (non-hydrogen) atoms. The van der Waals surface area contributed by atoms with Crippen LogP contribution in [0.5, 0.6) is 0 Å². The zero-order valence-corrected chi connectivity index (χ0v) is 20.7. The van der Waals surface area contributed by atoms with E-state index in [1.54, 1.807) is 4.90 Å². The molecule has 1 aromatic rings. The Balaban J connectivity index is 1.40. The molecule has 0 radical (unpaired) electrons. The molecule has 2 aliphatic heterocycles. The number of amides is 3. The third-order valence-electron chi connectivity index (χ3n) is 7.73. The summed E-state index contributed by atoms with van der Waals surface area (Å²) in [7, 11) is 0. The van der Waals surface area contributed by atoms with Crippen LogP contribution in [0.25, 0.3) is 0 Å². The fourth-order valence-electron chi connectivity index (χ4n) is 5.76. The summed E-state index contributed by atoms with van der Waals surface area (Å²) in [6.45, 7) is 4.23. The fourth-order valence-corrected chi connectivity index (χ4v) is 5.76. The van der Waals surface area contributed by atoms with Crippen molar-refractivity contribution in [2.75, 3.05) is 44.6 Å². The van der Waals surface area contributed by atoms with Gasteiger partial charge in [0.25, 0.3) is 0 Å². The summed E-state index contributed by atoms with van der Waals surface area (Å²) >= 11 is 0. The van der Waals surface area contributed by atoms with Crippen LogP contribution in [0, 0.1) is 11.7 Å². The van der Waals surface area contributed by atoms with Crippen molar-refractivity contribution < 1.29 is 27.2 Å². The maximum absolute atomic E-state index is 13.7. The van der Waals surface area contributed by atoms with E-state index in [4.69, 9.17) is 0 Å². The average Bonchev–Trinajstić information content (AvgIpc) is 3.40. The van der Waals surface area contributed by atoms with Crippen LogP contribution in [-0.2, 0) is 11.0 Å². The number of urea groups is 1. The van der Waals surface area contributed by atoms with Crippen LogP contribution in [0.1, 0.15) is 63.4 Å². The number of hydrogen-bond donors (Lipinski definition) is 1. The van der Waals surface area contributed by atoms with Gasteiger partial charge in [-0.25, -0.2) is 9.18 Å². The molecule has 1 N–H and O–H groups in total. The smallest absolute Gasteiger partial charge is 0.342 e. The number of rotatable bonds is 6. The van der Waals surface area contributed by atoms with Crippen molar-refractivity contribution in [3.63, 3.8) is 0 Å². The van der Waals surface area contributed by atoms with Crippen molar-refractivity contribution in [3.8, 4) is 0 Å². The van der Waals surface area contributed by atoms with Crippen molar-refractivity contribution in [2.24, 2.45) is 5.92 Å². The Morgan fingerprint density at radius 1 is 0.972 bits per heavy atom. The number of benzene rings is 1. The summed E-state index contributed by atoms with van der Waals surface area (Å²) < 4.78 is 53.1. The average molecular weight is 513 g/mol. The summed E-state index contributed by atoms with van der Waals surface area (Å²) in [4.78, 5) is 32.0. The van der Waals surface area contributed by atoms with Gasteiger partial charge in [-0.2, -0.15) is 13.2 Å². The van der Waals surface area contributed by atoms with E-state index >= 15 is 0 Å². The Bertz CT molecular complexity index is 914. The normalized spacial score (nSPS) is 22.0. The number of halogens is 4. The fraction of sp³-hybridized carbons (Fsp3) is 0.692. The monoisotopic (exact) mass is 512 g/mol. The van der Waals surface area contributed by atoms with Gasteiger partial charge in [0.15, 0.2) is 0 Å². The first kappa shape index (κ1) is 26.7. The predicted octanol–water partition coefficient (Wildman–Crippen LogP) is 5.35. The van der Waals surface area contributed by atoms with Gasteiger partial charge in [-0.15, -0.1) is 0 Å². The number of anilines is 1. The Morgan fingerprint density at radius 3 is 2.39 bits per heavy atom. The molecular weight excluding hydrogens is 476 g/mol. The maximum Gasteiger partial charge on any atom is 0.419 e. The SMILES string of the molecule is O=C(C1CCCN(CCN(C(=O)Nc2ccc(F)c(C(F)(F)F)c2)C2CCCCC2)C1)N1CCCC1. The second kappa shape index (κ2) is 11.8. The highest BCUT2D eigenvalue weighted by molar-refractivity contribution is 5.89. The summed E-state index contributed by atoms with van der Waals surface area (Å²) in [6, 6.07) is 2.07. The molecule has 200 valence electrons. The van der Waals surface area contributed by atoms with Crippen LogP contribution < -0.4 is 5.32 Å². The largest absolute Gasteiger partial charge is 0.419 e. The Hall–Kier alpha value is -2.36. The zero-order chi connectivity index (χ0) is 25.7. The molecule has 1 aliphatic carbocycles. The van der Waals surface area contributed by atoms with E-state index in [0.717, 1.165) is 89.6 Å². The van der Waals surface area contributed by atoms with Gasteiger partial charge in [-0.05, 0) is 63.3 Å². The quantitative estimate of drug-likeness (QED) is 0.523. The van der Waals surface area contributed by atoms with Gasteiger partial charge < -0.3 is 20.0 Å². The van der Waals surface area contributed by atoms with Gasteiger partial charge >= 0.3 is 12.2 Å². The predicted molar refractivity (Wildman–Crippen MR) is 129 cm³/mol. The number of piperidine rings is 1. The van der Waals surface area contributed by atoms with Crippen LogP contribution in [0.3, 0.4) is 0 Å². The molecule has 1 atom stereocenters. The van der Waals surface area contributed by atoms with E-state index in [1.165, 1.54) is 0 Å². The minimum atomic E-state index is -4.84. The standard InChI is InChI=1S/C26H36F4N4O2/c27-23-11-10-20(17-22(23)26(28,29)30)31-25(36)34(21-8-2-1-3-9-21)16-15-32-12-6-7-19(18-32)24(35)33-13-4-5-14-33/h10-11,17,19,21H,1-9,12-16,18H2,(H,31,36). The minimum absolute atomic E-state index is 0.00750. The summed E-state index contributed by atoms with van der Waals surface area (Å²) in [5.74, 6) is -1.16. The van der Waals surface area contributed by atoms with Crippen molar-refractivity contribution >= 4 is 17.6 Å². The number of nitrogens with one attached hydrogen (secondary N) is 1. The van der Waals surface area contributed by atoms with E-state index in [0.29, 0.717) is 25.7 Å². The van der Waals surface area contributed by atoms with Crippen molar-refractivity contribution in [1.29, 1.82) is 0 Å². The van der Waals surface area contributed by atoms with Crippen molar-refractivity contribution in [3.05, 3.63) is 29.6 Å². The van der Waals surface area contributed by atoms with Gasteiger partial charge in [0.2, 0.25) is 5.91 Å². The number of alkyl halides is 3. The van der Waals surface area contributed by atoms with E-state index in [2.05, 4.69) is 10.2 Å². The highest BCUT2D eigenvalue weighted by Gasteiger charge is 2.35. The Morgan fingerprint density at radius 2 is 1.69 bits per heavy atom. The number of nitrogens with zero attached hydrogens (tertiary/aromatic N) is 3. The first-order valence-electron chi connectivity index (χ1n) is 13.2. The molecule has 6 nitrogen and oxygen atoms in total. The van der Waals surface area contributed by atoms with Crippen LogP contribution in [0.2, 0.25) is 0 Å². The molecule has 1 unspecified atom stereocenters. The lowest BCUT2D eigenvalue weighted by molar-refractivity contribution is -0.140. The number of hydrogen-bond acceptors (Lipinski definition) is 3. The Kier molecular flexibility index (Phi) is 8.74. The molecular formula is C26H36F4N4O2. The molecule has 1 saturated carbocycles. The highest BCUT2D eigenvalue weighted by Crippen LogP contribution is 2.33. The lowest BCUT2D eigenvalue weighted by atomic mass is 9.94. The van der Waals surface area contributed by atoms with E-state index < -0.39 is 23.6 Å². The third kappa shape index (κ3) is 6.69. The molecule has 0 spiro atoms. The minimum Gasteiger partial charge on any atom is -0.342 e. The van der Waals surface area contributed by atoms with Crippen molar-refractivity contribution in [1.82, 2.24) is 14.7 Å². The molecule has 0 bridgehead atoms. The topological polar surface area (TPSA) is 55.9 Å². The second-order valence-corrected chi connectivity index (χ2v) is 10.3. The van der Waals surface area contributed by atoms with Gasteiger partial charge in [-0.1, -0.05) is 19.3 Å². The van der Waals surface area contributed by atoms with E-state index in [1.807, 2.05) is 4.90 Å². The molecule has 0 aromatic heterocycles. The van der Waals surface area contributed by atoms with E-state index in [9.17, 15) is 27.2 Å². The second-order valence-electron chi connectivity index (χ2n) is 10.3. The summed E-state index contributed by atoms with van der Waals surface area (Å²) in [6.07, 6.45) is 3.88. The maximum atomic E-state index is 13.7. The summed E-state index contributed by atoms with van der Waals surface area (Å²) in [5, 5.41) is 2.57. The van der Waals surface area contributed by atoms with Crippen LogP contribution in [0.15, 0.2) is 18.2 Å². The Labute approximate surface area is 210 Å². The van der Waals surface area contributed by atoms with Gasteiger partial charge in [0.05, 0.1) is 11.5 Å². The zero-order valence-electron chi connectivity index (χ0n) is 20.7. The molecule has 3 fully saturated rings. The summed E-state index contributed by atoms with van der Waals surface area (Å²) in [5.41, 5.74) is -1.48. The van der Waals surface area contributed by atoms with Gasteiger partial charge in [0, 0.05) is 44.5 Å². The number of carbonyl (C=O) groups excluding carboxylic acids is 2. The lowest BCUT2D eigenvalue weighted by Crippen LogP contribution is -2.50. The molecule has 10 heteroatoms. The first-order chi connectivity index (χ1) is 17.2. The van der Waals surface area contributed by atoms with Crippen LogP contribution in [0.4, 0.5) is 28.0 Å². The molecule has 2 saturated heterocycles. The van der Waals surface area contributed by atoms with Crippen molar-refractivity contribution in [2.45, 2.75) is 70.0 Å². The first-order valence-corrected chi connectivity index (χ1v) is 13.2. The highest BCUT2D eigenvalue weighted by atomic mass is 19.4. The number of carbonyl (C=O) groups is 2. The van der Waals surface area contributed by atoms with Crippen LogP contribution in [-0.4, -0.2) is 71.9 Å². The molecule has 2 heterocycles. The lowest BCUT2D eigenvalue weighted by Gasteiger charge is -2.38. The molecule has 4 rings (SSSR count). The van der Waals surface area contributed by atoms with Gasteiger partial charge in [0.1, 0.15) is 5.82 Å². The molecule has 1 aromatic carbocycles. The van der Waals surface area contributed by atoms with E-state index in [-0.39, 0.29) is 23.6 Å². The molecule has 3 aliphatic rings.